The van der Waals surface area contributed by atoms with Gasteiger partial charge in [0.2, 0.25) is 11.3 Å². The molecule has 9 nitrogen and oxygen atoms in total. The highest BCUT2D eigenvalue weighted by molar-refractivity contribution is 7.91. The molecule has 1 aliphatic heterocycles. The minimum Gasteiger partial charge on any atom is -0.341 e. The van der Waals surface area contributed by atoms with Crippen LogP contribution in [0.15, 0.2) is 35.3 Å². The Labute approximate surface area is 186 Å². The maximum atomic E-state index is 12.8. The van der Waals surface area contributed by atoms with Crippen LogP contribution in [0.25, 0.3) is 10.9 Å². The average Bonchev–Trinajstić information content (AvgIpc) is 3.26. The van der Waals surface area contributed by atoms with E-state index in [2.05, 4.69) is 10.2 Å². The van der Waals surface area contributed by atoms with Gasteiger partial charge in [-0.05, 0) is 32.4 Å². The predicted molar refractivity (Wildman–Crippen MR) is 121 cm³/mol. The molecule has 1 aliphatic rings. The maximum Gasteiger partial charge on any atom is 0.224 e. The van der Waals surface area contributed by atoms with Gasteiger partial charge in [-0.2, -0.15) is 10.2 Å². The first kappa shape index (κ1) is 22.2. The molecule has 0 bridgehead atoms. The Bertz CT molecular complexity index is 1340. The average molecular weight is 458 g/mol. The number of hydrogen-bond acceptors (Lipinski definition) is 6. The van der Waals surface area contributed by atoms with Crippen LogP contribution in [0.1, 0.15) is 35.8 Å². The summed E-state index contributed by atoms with van der Waals surface area (Å²) in [5, 5.41) is 9.34. The Hall–Kier alpha value is -3.01. The number of aryl methyl sites for hydroxylation is 2. The summed E-state index contributed by atoms with van der Waals surface area (Å²) in [5.74, 6) is 0.255. The zero-order valence-electron chi connectivity index (χ0n) is 18.5. The van der Waals surface area contributed by atoms with Crippen molar-refractivity contribution in [3.63, 3.8) is 0 Å². The van der Waals surface area contributed by atoms with Crippen LogP contribution < -0.4 is 5.43 Å². The molecule has 0 radical (unpaired) electrons. The van der Waals surface area contributed by atoms with Gasteiger partial charge in [0.15, 0.2) is 9.84 Å². The second kappa shape index (κ2) is 8.50. The van der Waals surface area contributed by atoms with Gasteiger partial charge in [0, 0.05) is 36.7 Å². The Balaban J connectivity index is 1.45. The molecule has 0 spiro atoms. The van der Waals surface area contributed by atoms with E-state index in [0.717, 1.165) is 17.0 Å². The minimum absolute atomic E-state index is 0.0513. The lowest BCUT2D eigenvalue weighted by Gasteiger charge is -2.19. The van der Waals surface area contributed by atoms with Gasteiger partial charge in [0.25, 0.3) is 0 Å². The lowest BCUT2D eigenvalue weighted by Crippen LogP contribution is -2.28. The van der Waals surface area contributed by atoms with Crippen LogP contribution in [0, 0.1) is 13.8 Å². The fourth-order valence-corrected chi connectivity index (χ4v) is 6.00. The molecule has 4 rings (SSSR count). The van der Waals surface area contributed by atoms with Crippen LogP contribution in [-0.4, -0.2) is 57.3 Å². The van der Waals surface area contributed by atoms with Gasteiger partial charge in [-0.1, -0.05) is 12.1 Å². The van der Waals surface area contributed by atoms with Crippen molar-refractivity contribution in [2.75, 3.05) is 18.6 Å². The first-order valence-electron chi connectivity index (χ1n) is 10.6. The highest BCUT2D eigenvalue weighted by atomic mass is 32.2. The smallest absolute Gasteiger partial charge is 0.224 e. The van der Waals surface area contributed by atoms with Crippen LogP contribution >= 0.6 is 0 Å². The predicted octanol–water partition coefficient (Wildman–Crippen LogP) is 1.62. The maximum absolute atomic E-state index is 12.8. The fourth-order valence-electron chi connectivity index (χ4n) is 4.31. The van der Waals surface area contributed by atoms with E-state index < -0.39 is 9.84 Å². The van der Waals surface area contributed by atoms with E-state index in [-0.39, 0.29) is 35.3 Å². The molecule has 0 N–H and O–H groups in total. The molecule has 1 atom stereocenters. The first-order chi connectivity index (χ1) is 15.2. The van der Waals surface area contributed by atoms with Crippen LogP contribution in [0.2, 0.25) is 0 Å². The Morgan fingerprint density at radius 3 is 2.72 bits per heavy atom. The van der Waals surface area contributed by atoms with Crippen molar-refractivity contribution in [1.29, 1.82) is 0 Å². The topological polar surface area (TPSA) is 107 Å². The molecule has 2 aromatic heterocycles. The molecule has 1 unspecified atom stereocenters. The molecule has 1 amide bonds. The number of sulfone groups is 1. The third-order valence-electron chi connectivity index (χ3n) is 6.15. The highest BCUT2D eigenvalue weighted by Gasteiger charge is 2.31. The van der Waals surface area contributed by atoms with E-state index in [4.69, 9.17) is 0 Å². The Morgan fingerprint density at radius 2 is 2.00 bits per heavy atom. The van der Waals surface area contributed by atoms with Crippen molar-refractivity contribution < 1.29 is 13.2 Å². The third kappa shape index (κ3) is 4.32. The van der Waals surface area contributed by atoms with Crippen molar-refractivity contribution in [3.05, 3.63) is 57.6 Å². The molecule has 170 valence electrons. The second-order valence-corrected chi connectivity index (χ2v) is 10.6. The standard InChI is InChI=1S/C22H27N5O4S/c1-15-19(16(2)27(24-15)17-9-11-32(30,31)14-17)13-25(3)22(29)8-10-26-20-7-5-4-6-18(20)21(28)12-23-26/h4-7,12,17H,8-11,13-14H2,1-3H3. The van der Waals surface area contributed by atoms with Gasteiger partial charge >= 0.3 is 0 Å². The van der Waals surface area contributed by atoms with Gasteiger partial charge in [0.05, 0.1) is 41.5 Å². The van der Waals surface area contributed by atoms with Crippen molar-refractivity contribution >= 4 is 26.6 Å². The quantitative estimate of drug-likeness (QED) is 0.557. The summed E-state index contributed by atoms with van der Waals surface area (Å²) in [6.45, 7) is 4.57. The van der Waals surface area contributed by atoms with Gasteiger partial charge < -0.3 is 4.90 Å². The fraction of sp³-hybridized carbons (Fsp3) is 0.455. The molecular weight excluding hydrogens is 430 g/mol. The van der Waals surface area contributed by atoms with Gasteiger partial charge in [0.1, 0.15) is 0 Å². The summed E-state index contributed by atoms with van der Waals surface area (Å²) >= 11 is 0. The van der Waals surface area contributed by atoms with Crippen molar-refractivity contribution in [3.8, 4) is 0 Å². The molecule has 1 aromatic carbocycles. The zero-order chi connectivity index (χ0) is 23.0. The Morgan fingerprint density at radius 1 is 1.25 bits per heavy atom. The first-order valence-corrected chi connectivity index (χ1v) is 12.4. The number of carbonyl (C=O) groups is 1. The van der Waals surface area contributed by atoms with Crippen LogP contribution in [0.5, 0.6) is 0 Å². The van der Waals surface area contributed by atoms with Crippen molar-refractivity contribution in [2.45, 2.75) is 45.8 Å². The number of rotatable bonds is 6. The number of fused-ring (bicyclic) bond motifs is 1. The number of carbonyl (C=O) groups excluding carboxylic acids is 1. The second-order valence-electron chi connectivity index (χ2n) is 8.40. The van der Waals surface area contributed by atoms with Crippen molar-refractivity contribution in [1.82, 2.24) is 24.5 Å². The van der Waals surface area contributed by atoms with E-state index in [9.17, 15) is 18.0 Å². The molecular formula is C22H27N5O4S. The highest BCUT2D eigenvalue weighted by Crippen LogP contribution is 2.27. The summed E-state index contributed by atoms with van der Waals surface area (Å²) in [6, 6.07) is 7.07. The molecule has 10 heteroatoms. The normalized spacial score (nSPS) is 17.7. The Kier molecular flexibility index (Phi) is 5.89. The number of hydrogen-bond donors (Lipinski definition) is 0. The molecule has 3 heterocycles. The molecule has 32 heavy (non-hydrogen) atoms. The molecule has 0 aliphatic carbocycles. The zero-order valence-corrected chi connectivity index (χ0v) is 19.3. The molecule has 1 saturated heterocycles. The number of nitrogens with zero attached hydrogens (tertiary/aromatic N) is 5. The summed E-state index contributed by atoms with van der Waals surface area (Å²) in [4.78, 5) is 26.4. The van der Waals surface area contributed by atoms with Crippen molar-refractivity contribution in [2.24, 2.45) is 0 Å². The van der Waals surface area contributed by atoms with E-state index in [1.54, 1.807) is 28.8 Å². The van der Waals surface area contributed by atoms with E-state index in [0.29, 0.717) is 30.4 Å². The number of aromatic nitrogens is 4. The summed E-state index contributed by atoms with van der Waals surface area (Å²) < 4.78 is 27.2. The third-order valence-corrected chi connectivity index (χ3v) is 7.90. The number of amides is 1. The van der Waals surface area contributed by atoms with Crippen LogP contribution in [0.4, 0.5) is 0 Å². The monoisotopic (exact) mass is 457 g/mol. The SMILES string of the molecule is Cc1nn(C2CCS(=O)(=O)C2)c(C)c1CN(C)C(=O)CCn1ncc(=O)c2ccccc21. The summed E-state index contributed by atoms with van der Waals surface area (Å²) in [6.07, 6.45) is 2.09. The lowest BCUT2D eigenvalue weighted by atomic mass is 10.1. The van der Waals surface area contributed by atoms with Gasteiger partial charge in [-0.25, -0.2) is 8.42 Å². The summed E-state index contributed by atoms with van der Waals surface area (Å²) in [7, 11) is -1.26. The molecule has 0 saturated carbocycles. The van der Waals surface area contributed by atoms with Gasteiger partial charge in [-0.3, -0.25) is 19.0 Å². The largest absolute Gasteiger partial charge is 0.341 e. The van der Waals surface area contributed by atoms with E-state index in [1.165, 1.54) is 6.20 Å². The lowest BCUT2D eigenvalue weighted by molar-refractivity contribution is -0.130. The number of benzene rings is 1. The van der Waals surface area contributed by atoms with E-state index in [1.807, 2.05) is 30.7 Å². The number of para-hydroxylation sites is 1. The van der Waals surface area contributed by atoms with Crippen LogP contribution in [0.3, 0.4) is 0 Å². The van der Waals surface area contributed by atoms with Crippen LogP contribution in [-0.2, 0) is 27.7 Å². The molecule has 3 aromatic rings. The minimum atomic E-state index is -3.01. The summed E-state index contributed by atoms with van der Waals surface area (Å²) in [5.41, 5.74) is 3.21. The van der Waals surface area contributed by atoms with Gasteiger partial charge in [-0.15, -0.1) is 0 Å². The molecule has 1 fully saturated rings. The van der Waals surface area contributed by atoms with E-state index >= 15 is 0 Å².